The Morgan fingerprint density at radius 2 is 1.92 bits per heavy atom. The number of methoxy groups -OCH3 is 1. The number of amides is 1. The van der Waals surface area contributed by atoms with Crippen molar-refractivity contribution >= 4 is 17.2 Å². The zero-order valence-corrected chi connectivity index (χ0v) is 21.7. The number of carbonyl (C=O) groups is 1. The number of nitrogens with zero attached hydrogens (tertiary/aromatic N) is 6. The highest BCUT2D eigenvalue weighted by Crippen LogP contribution is 2.31. The minimum absolute atomic E-state index is 0.0362. The van der Waals surface area contributed by atoms with Crippen molar-refractivity contribution in [3.05, 3.63) is 78.2 Å². The predicted octanol–water partition coefficient (Wildman–Crippen LogP) is 3.07. The number of anilines is 1. The van der Waals surface area contributed by atoms with Gasteiger partial charge in [0.25, 0.3) is 5.91 Å². The molecule has 1 aromatic carbocycles. The fourth-order valence-corrected chi connectivity index (χ4v) is 4.79. The van der Waals surface area contributed by atoms with Gasteiger partial charge in [0.1, 0.15) is 17.6 Å². The second-order valence-electron chi connectivity index (χ2n) is 9.22. The molecular formula is C29H30N6O4. The number of carbonyl (C=O) groups excluding carboxylic acids is 1. The fourth-order valence-electron chi connectivity index (χ4n) is 4.79. The van der Waals surface area contributed by atoms with Crippen LogP contribution in [-0.2, 0) is 9.53 Å². The van der Waals surface area contributed by atoms with Crippen LogP contribution in [0.25, 0.3) is 16.6 Å². The van der Waals surface area contributed by atoms with E-state index in [0.717, 1.165) is 22.5 Å². The van der Waals surface area contributed by atoms with Crippen molar-refractivity contribution in [3.63, 3.8) is 0 Å². The highest BCUT2D eigenvalue weighted by molar-refractivity contribution is 5.85. The Kier molecular flexibility index (Phi) is 8.01. The maximum absolute atomic E-state index is 13.1. The molecule has 4 aromatic rings. The van der Waals surface area contributed by atoms with Gasteiger partial charge in [0.2, 0.25) is 0 Å². The number of aliphatic hydroxyl groups excluding tert-OH is 1. The molecule has 3 aromatic heterocycles. The molecule has 39 heavy (non-hydrogen) atoms. The van der Waals surface area contributed by atoms with E-state index in [0.29, 0.717) is 56.0 Å². The van der Waals surface area contributed by atoms with Gasteiger partial charge in [-0.05, 0) is 23.8 Å². The summed E-state index contributed by atoms with van der Waals surface area (Å²) in [5.41, 5.74) is 3.60. The molecule has 200 valence electrons. The van der Waals surface area contributed by atoms with Crippen molar-refractivity contribution < 1.29 is 19.4 Å². The van der Waals surface area contributed by atoms with Gasteiger partial charge in [0.05, 0.1) is 30.1 Å². The van der Waals surface area contributed by atoms with Gasteiger partial charge in [-0.3, -0.25) is 4.79 Å². The smallest absolute Gasteiger partial charge is 0.256 e. The van der Waals surface area contributed by atoms with Crippen molar-refractivity contribution in [3.8, 4) is 22.9 Å². The number of fused-ring (bicyclic) bond motifs is 1. The second-order valence-corrected chi connectivity index (χ2v) is 9.22. The first-order chi connectivity index (χ1) is 19.1. The number of pyridine rings is 2. The van der Waals surface area contributed by atoms with E-state index < -0.39 is 6.10 Å². The van der Waals surface area contributed by atoms with Crippen LogP contribution in [-0.4, -0.2) is 77.0 Å². The average molecular weight is 527 g/mol. The summed E-state index contributed by atoms with van der Waals surface area (Å²) in [4.78, 5) is 21.8. The first-order valence-electron chi connectivity index (χ1n) is 12.9. The number of piperazine rings is 1. The van der Waals surface area contributed by atoms with Crippen LogP contribution in [0.1, 0.15) is 23.7 Å². The van der Waals surface area contributed by atoms with E-state index in [2.05, 4.69) is 16.1 Å². The Balaban J connectivity index is 1.30. The summed E-state index contributed by atoms with van der Waals surface area (Å²) in [6, 6.07) is 17.5. The van der Waals surface area contributed by atoms with Gasteiger partial charge < -0.3 is 24.4 Å². The standard InChI is InChI=1S/C29H30N6O4/c1-38-28(21-6-3-2-4-7-21)29(37)34-12-10-33(11-13-34)26-9-8-22(18-31-26)25-16-24(39-15-5-14-36)20-35-27(25)23(17-30)19-32-35/h2-4,6-9,16,18-20,28,36H,5,10-15H2,1H3. The third-order valence-corrected chi connectivity index (χ3v) is 6.81. The molecular weight excluding hydrogens is 496 g/mol. The Labute approximate surface area is 226 Å². The number of rotatable bonds is 9. The summed E-state index contributed by atoms with van der Waals surface area (Å²) in [7, 11) is 1.56. The molecule has 5 rings (SSSR count). The van der Waals surface area contributed by atoms with Crippen LogP contribution >= 0.6 is 0 Å². The van der Waals surface area contributed by atoms with Crippen LogP contribution in [0.15, 0.2) is 67.1 Å². The number of aliphatic hydroxyl groups is 1. The summed E-state index contributed by atoms with van der Waals surface area (Å²) in [5.74, 6) is 1.37. The number of nitriles is 1. The molecule has 4 heterocycles. The molecule has 0 radical (unpaired) electrons. The number of aromatic nitrogens is 3. The summed E-state index contributed by atoms with van der Waals surface area (Å²) in [5, 5.41) is 23.0. The number of benzene rings is 1. The lowest BCUT2D eigenvalue weighted by molar-refractivity contribution is -0.142. The molecule has 1 atom stereocenters. The first-order valence-corrected chi connectivity index (χ1v) is 12.9. The molecule has 1 aliphatic rings. The van der Waals surface area contributed by atoms with Gasteiger partial charge in [0, 0.05) is 63.6 Å². The van der Waals surface area contributed by atoms with Crippen LogP contribution in [0.2, 0.25) is 0 Å². The maximum atomic E-state index is 13.1. The first kappa shape index (κ1) is 26.2. The lowest BCUT2D eigenvalue weighted by Gasteiger charge is -2.36. The normalized spacial score (nSPS) is 14.3. The van der Waals surface area contributed by atoms with E-state index in [4.69, 9.17) is 19.6 Å². The molecule has 0 saturated carbocycles. The maximum Gasteiger partial charge on any atom is 0.256 e. The largest absolute Gasteiger partial charge is 0.492 e. The molecule has 0 spiro atoms. The van der Waals surface area contributed by atoms with Crippen LogP contribution in [0.5, 0.6) is 5.75 Å². The molecule has 0 bridgehead atoms. The quantitative estimate of drug-likeness (QED) is 0.331. The van der Waals surface area contributed by atoms with Crippen molar-refractivity contribution in [2.75, 3.05) is 51.4 Å². The average Bonchev–Trinajstić information content (AvgIpc) is 3.41. The van der Waals surface area contributed by atoms with Crippen molar-refractivity contribution in [2.45, 2.75) is 12.5 Å². The van der Waals surface area contributed by atoms with Gasteiger partial charge in [-0.15, -0.1) is 0 Å². The molecule has 1 N–H and O–H groups in total. The van der Waals surface area contributed by atoms with Crippen LogP contribution < -0.4 is 9.64 Å². The van der Waals surface area contributed by atoms with Crippen LogP contribution in [0, 0.1) is 11.3 Å². The Morgan fingerprint density at radius 3 is 2.59 bits per heavy atom. The topological polar surface area (TPSA) is 116 Å². The van der Waals surface area contributed by atoms with Gasteiger partial charge in [-0.2, -0.15) is 10.4 Å². The van der Waals surface area contributed by atoms with Crippen molar-refractivity contribution in [1.29, 1.82) is 5.26 Å². The molecule has 10 nitrogen and oxygen atoms in total. The molecule has 1 fully saturated rings. The van der Waals surface area contributed by atoms with Gasteiger partial charge in [-0.1, -0.05) is 30.3 Å². The Hall–Kier alpha value is -4.46. The minimum Gasteiger partial charge on any atom is -0.492 e. The lowest BCUT2D eigenvalue weighted by Crippen LogP contribution is -2.50. The van der Waals surface area contributed by atoms with Crippen LogP contribution in [0.4, 0.5) is 5.82 Å². The van der Waals surface area contributed by atoms with E-state index in [9.17, 15) is 10.1 Å². The zero-order valence-electron chi connectivity index (χ0n) is 21.7. The third kappa shape index (κ3) is 5.55. The van der Waals surface area contributed by atoms with E-state index >= 15 is 0 Å². The summed E-state index contributed by atoms with van der Waals surface area (Å²) >= 11 is 0. The zero-order chi connectivity index (χ0) is 27.2. The molecule has 0 aliphatic carbocycles. The van der Waals surface area contributed by atoms with E-state index in [1.165, 1.54) is 6.20 Å². The molecule has 1 unspecified atom stereocenters. The van der Waals surface area contributed by atoms with Gasteiger partial charge in [0.15, 0.2) is 6.10 Å². The Morgan fingerprint density at radius 1 is 1.13 bits per heavy atom. The van der Waals surface area contributed by atoms with Crippen molar-refractivity contribution in [1.82, 2.24) is 19.5 Å². The summed E-state index contributed by atoms with van der Waals surface area (Å²) < 4.78 is 13.0. The van der Waals surface area contributed by atoms with Crippen LogP contribution in [0.3, 0.4) is 0 Å². The highest BCUT2D eigenvalue weighted by atomic mass is 16.5. The second kappa shape index (κ2) is 11.9. The lowest BCUT2D eigenvalue weighted by atomic mass is 10.1. The van der Waals surface area contributed by atoms with E-state index in [-0.39, 0.29) is 12.5 Å². The van der Waals surface area contributed by atoms with E-state index in [1.807, 2.05) is 53.4 Å². The number of ether oxygens (including phenoxy) is 2. The number of hydrogen-bond acceptors (Lipinski definition) is 8. The van der Waals surface area contributed by atoms with E-state index in [1.54, 1.807) is 24.0 Å². The molecule has 10 heteroatoms. The summed E-state index contributed by atoms with van der Waals surface area (Å²) in [6.07, 6.45) is 4.95. The molecule has 1 aliphatic heterocycles. The molecule has 1 amide bonds. The van der Waals surface area contributed by atoms with Crippen molar-refractivity contribution in [2.24, 2.45) is 0 Å². The Bertz CT molecular complexity index is 1460. The third-order valence-electron chi connectivity index (χ3n) is 6.81. The number of hydrogen-bond donors (Lipinski definition) is 1. The summed E-state index contributed by atoms with van der Waals surface area (Å²) in [6.45, 7) is 2.87. The SMILES string of the molecule is COC(C(=O)N1CCN(c2ccc(-c3cc(OCCCO)cn4ncc(C#N)c34)cn2)CC1)c1ccccc1. The molecule has 1 saturated heterocycles. The monoisotopic (exact) mass is 526 g/mol. The van der Waals surface area contributed by atoms with Gasteiger partial charge in [-0.25, -0.2) is 9.50 Å². The predicted molar refractivity (Wildman–Crippen MR) is 145 cm³/mol. The van der Waals surface area contributed by atoms with Gasteiger partial charge >= 0.3 is 0 Å². The minimum atomic E-state index is -0.614. The fraction of sp³-hybridized carbons (Fsp3) is 0.310. The highest BCUT2D eigenvalue weighted by Gasteiger charge is 2.29.